The van der Waals surface area contributed by atoms with Gasteiger partial charge in [0, 0.05) is 29.9 Å². The number of hydroxylamine groups is 2. The summed E-state index contributed by atoms with van der Waals surface area (Å²) in [6.45, 7) is 1.61. The zero-order valence-corrected chi connectivity index (χ0v) is 9.10. The third-order valence-electron chi connectivity index (χ3n) is 1.44. The fourth-order valence-electron chi connectivity index (χ4n) is 0.926. The van der Waals surface area contributed by atoms with Gasteiger partial charge in [0.15, 0.2) is 0 Å². The smallest absolute Gasteiger partial charge is 0.350 e. The van der Waals surface area contributed by atoms with Gasteiger partial charge in [0.05, 0.1) is 0 Å². The molecule has 73 valence electrons. The molecule has 0 aromatic rings. The molecule has 0 spiro atoms. The van der Waals surface area contributed by atoms with Crippen molar-refractivity contribution in [3.05, 3.63) is 0 Å². The average Bonchev–Trinajstić information content (AvgIpc) is 2.39. The third kappa shape index (κ3) is 3.90. The summed E-state index contributed by atoms with van der Waals surface area (Å²) >= 11 is 7.32. The summed E-state index contributed by atoms with van der Waals surface area (Å²) in [5.74, 6) is 0. The van der Waals surface area contributed by atoms with Crippen molar-refractivity contribution in [1.29, 1.82) is 0 Å². The minimum absolute atomic E-state index is 0. The van der Waals surface area contributed by atoms with Crippen LogP contribution in [0, 0.1) is 0 Å². The van der Waals surface area contributed by atoms with Crippen molar-refractivity contribution >= 4 is 31.7 Å². The number of rotatable bonds is 1. The van der Waals surface area contributed by atoms with Crippen LogP contribution in [0.25, 0.3) is 0 Å². The SMILES string of the molecule is O=C(ON1CCCC1)N(S)S.[Co]. The monoisotopic (exact) mass is 253 g/mol. The maximum atomic E-state index is 10.8. The van der Waals surface area contributed by atoms with E-state index in [0.29, 0.717) is 0 Å². The molecule has 1 amide bonds. The fraction of sp³-hybridized carbons (Fsp3) is 0.800. The number of hydrogen-bond acceptors (Lipinski definition) is 5. The summed E-state index contributed by atoms with van der Waals surface area (Å²) in [4.78, 5) is 15.6. The minimum Gasteiger partial charge on any atom is -0.350 e. The number of hydrogen-bond donors (Lipinski definition) is 2. The second-order valence-corrected chi connectivity index (χ2v) is 3.40. The molecule has 0 N–H and O–H groups in total. The Morgan fingerprint density at radius 3 is 2.25 bits per heavy atom. The van der Waals surface area contributed by atoms with Crippen LogP contribution >= 0.6 is 25.6 Å². The van der Waals surface area contributed by atoms with Crippen molar-refractivity contribution in [3.63, 3.8) is 0 Å². The van der Waals surface area contributed by atoms with Gasteiger partial charge in [0.2, 0.25) is 0 Å². The number of carbonyl (C=O) groups excluding carboxylic acids is 1. The van der Waals surface area contributed by atoms with E-state index in [0.717, 1.165) is 29.6 Å². The van der Waals surface area contributed by atoms with Crippen molar-refractivity contribution in [2.75, 3.05) is 13.1 Å². The summed E-state index contributed by atoms with van der Waals surface area (Å²) in [7, 11) is 0. The molecule has 1 rings (SSSR count). The summed E-state index contributed by atoms with van der Waals surface area (Å²) in [6.07, 6.45) is 1.59. The zero-order valence-electron chi connectivity index (χ0n) is 6.27. The van der Waals surface area contributed by atoms with Crippen LogP contribution in [0.2, 0.25) is 0 Å². The van der Waals surface area contributed by atoms with Gasteiger partial charge in [-0.15, -0.1) is 5.06 Å². The van der Waals surface area contributed by atoms with Crippen LogP contribution in [0.4, 0.5) is 4.79 Å². The van der Waals surface area contributed by atoms with Gasteiger partial charge in [-0.05, 0) is 38.5 Å². The first-order chi connectivity index (χ1) is 5.20. The van der Waals surface area contributed by atoms with Crippen LogP contribution in [0.1, 0.15) is 12.8 Å². The molecule has 0 saturated carbocycles. The van der Waals surface area contributed by atoms with Crippen LogP contribution in [-0.4, -0.2) is 28.0 Å². The number of nitrogens with zero attached hydrogens (tertiary/aromatic N) is 2. The van der Waals surface area contributed by atoms with Crippen LogP contribution in [0.3, 0.4) is 0 Å². The summed E-state index contributed by atoms with van der Waals surface area (Å²) in [5.41, 5.74) is 0. The van der Waals surface area contributed by atoms with E-state index in [1.54, 1.807) is 5.06 Å². The molecule has 1 fully saturated rings. The molecule has 1 heterocycles. The van der Waals surface area contributed by atoms with Crippen LogP contribution in [-0.2, 0) is 21.6 Å². The molecule has 0 atom stereocenters. The number of amides is 1. The Morgan fingerprint density at radius 1 is 1.33 bits per heavy atom. The Kier molecular flexibility index (Phi) is 6.19. The van der Waals surface area contributed by atoms with E-state index >= 15 is 0 Å². The Hall–Kier alpha value is 0.436. The fourth-order valence-corrected chi connectivity index (χ4v) is 0.999. The molecule has 7 heteroatoms. The van der Waals surface area contributed by atoms with Gasteiger partial charge in [0.1, 0.15) is 0 Å². The molecule has 0 aromatic carbocycles. The van der Waals surface area contributed by atoms with E-state index < -0.39 is 6.09 Å². The average molecular weight is 253 g/mol. The summed E-state index contributed by atoms with van der Waals surface area (Å²) in [6, 6.07) is 0. The predicted octanol–water partition coefficient (Wildman–Crippen LogP) is 1.12. The summed E-state index contributed by atoms with van der Waals surface area (Å²) in [5, 5.41) is 1.61. The normalized spacial score (nSPS) is 16.8. The van der Waals surface area contributed by atoms with Gasteiger partial charge in [-0.25, -0.2) is 4.79 Å². The van der Waals surface area contributed by atoms with Crippen LogP contribution in [0.5, 0.6) is 0 Å². The molecule has 1 aliphatic heterocycles. The van der Waals surface area contributed by atoms with Gasteiger partial charge >= 0.3 is 6.09 Å². The molecular formula is C5H10CoN2O2S2. The molecule has 4 nitrogen and oxygen atoms in total. The standard InChI is InChI=1S/C5H10N2O2S2.Co/c8-5(7(10)11)9-6-3-1-2-4-6;/h10-11H,1-4H2;. The van der Waals surface area contributed by atoms with E-state index in [4.69, 9.17) is 4.84 Å². The van der Waals surface area contributed by atoms with E-state index in [9.17, 15) is 4.79 Å². The second kappa shape index (κ2) is 5.98. The second-order valence-electron chi connectivity index (χ2n) is 2.28. The van der Waals surface area contributed by atoms with Gasteiger partial charge < -0.3 is 4.84 Å². The van der Waals surface area contributed by atoms with E-state index in [2.05, 4.69) is 25.6 Å². The molecule has 0 aliphatic carbocycles. The third-order valence-corrected chi connectivity index (χ3v) is 1.76. The number of thiol groups is 2. The molecule has 0 unspecified atom stereocenters. The molecule has 0 aromatic heterocycles. The van der Waals surface area contributed by atoms with Crippen molar-refractivity contribution < 1.29 is 26.4 Å². The Balaban J connectivity index is 0.00000121. The zero-order chi connectivity index (χ0) is 8.27. The van der Waals surface area contributed by atoms with Gasteiger partial charge in [0.25, 0.3) is 0 Å². The van der Waals surface area contributed by atoms with Crippen LogP contribution < -0.4 is 0 Å². The molecule has 1 saturated heterocycles. The van der Waals surface area contributed by atoms with Gasteiger partial charge in [-0.3, -0.25) is 0 Å². The Labute approximate surface area is 92.8 Å². The molecular weight excluding hydrogens is 243 g/mol. The quantitative estimate of drug-likeness (QED) is 0.687. The predicted molar refractivity (Wildman–Crippen MR) is 47.1 cm³/mol. The molecule has 12 heavy (non-hydrogen) atoms. The summed E-state index contributed by atoms with van der Waals surface area (Å²) < 4.78 is 0.818. The first-order valence-electron chi connectivity index (χ1n) is 3.35. The molecule has 1 aliphatic rings. The van der Waals surface area contributed by atoms with Crippen molar-refractivity contribution in [2.24, 2.45) is 0 Å². The first-order valence-corrected chi connectivity index (χ1v) is 4.15. The Bertz CT molecular complexity index is 152. The largest absolute Gasteiger partial charge is 0.449 e. The van der Waals surface area contributed by atoms with E-state index in [1.165, 1.54) is 0 Å². The van der Waals surface area contributed by atoms with E-state index in [1.807, 2.05) is 0 Å². The minimum atomic E-state index is -0.557. The first kappa shape index (κ1) is 12.4. The van der Waals surface area contributed by atoms with E-state index in [-0.39, 0.29) is 16.8 Å². The van der Waals surface area contributed by atoms with Crippen molar-refractivity contribution in [1.82, 2.24) is 8.77 Å². The number of carbonyl (C=O) groups is 1. The van der Waals surface area contributed by atoms with Crippen molar-refractivity contribution in [2.45, 2.75) is 12.8 Å². The van der Waals surface area contributed by atoms with Crippen molar-refractivity contribution in [3.8, 4) is 0 Å². The van der Waals surface area contributed by atoms with Gasteiger partial charge in [-0.1, -0.05) is 0 Å². The van der Waals surface area contributed by atoms with Gasteiger partial charge in [-0.2, -0.15) is 3.71 Å². The Morgan fingerprint density at radius 2 is 1.83 bits per heavy atom. The molecule has 1 radical (unpaired) electrons. The maximum absolute atomic E-state index is 10.8. The maximum Gasteiger partial charge on any atom is 0.449 e. The van der Waals surface area contributed by atoms with Crippen LogP contribution in [0.15, 0.2) is 0 Å². The molecule has 0 bridgehead atoms. The topological polar surface area (TPSA) is 32.8 Å².